The lowest BCUT2D eigenvalue weighted by atomic mass is 10.0. The Morgan fingerprint density at radius 3 is 2.73 bits per heavy atom. The highest BCUT2D eigenvalue weighted by Crippen LogP contribution is 2.20. The van der Waals surface area contributed by atoms with E-state index in [2.05, 4.69) is 29.0 Å². The van der Waals surface area contributed by atoms with Crippen LogP contribution in [0, 0.1) is 12.8 Å². The molecule has 1 aliphatic heterocycles. The van der Waals surface area contributed by atoms with Crippen LogP contribution >= 0.6 is 24.8 Å². The Morgan fingerprint density at radius 1 is 1.50 bits per heavy atom. The number of nitrogens with zero attached hydrogens (tertiary/aromatic N) is 3. The molecule has 2 atom stereocenters. The summed E-state index contributed by atoms with van der Waals surface area (Å²) in [6.45, 7) is 7.48. The normalized spacial score (nSPS) is 19.3. The van der Waals surface area contributed by atoms with Gasteiger partial charge in [0.2, 0.25) is 5.91 Å². The largest absolute Gasteiger partial charge is 0.366 e. The molecule has 0 saturated carbocycles. The van der Waals surface area contributed by atoms with Crippen LogP contribution in [0.3, 0.4) is 0 Å². The lowest BCUT2D eigenvalue weighted by Crippen LogP contribution is -2.49. The van der Waals surface area contributed by atoms with Gasteiger partial charge in [-0.2, -0.15) is 5.10 Å². The number of aromatic amines is 1. The first-order chi connectivity index (χ1) is 9.47. The third-order valence-electron chi connectivity index (χ3n) is 3.32. The molecule has 0 spiro atoms. The number of H-pyrrole nitrogens is 1. The summed E-state index contributed by atoms with van der Waals surface area (Å²) in [6, 6.07) is -0.442. The second-order valence-corrected chi connectivity index (χ2v) is 5.66. The van der Waals surface area contributed by atoms with Gasteiger partial charge in [0.05, 0.1) is 19.2 Å². The Balaban J connectivity index is 0.00000220. The smallest absolute Gasteiger partial charge is 0.239 e. The van der Waals surface area contributed by atoms with Crippen molar-refractivity contribution in [1.29, 1.82) is 0 Å². The minimum atomic E-state index is -0.442. The Morgan fingerprint density at radius 2 is 2.18 bits per heavy atom. The maximum absolute atomic E-state index is 12.3. The third-order valence-corrected chi connectivity index (χ3v) is 3.32. The molecule has 22 heavy (non-hydrogen) atoms. The second-order valence-electron chi connectivity index (χ2n) is 5.66. The van der Waals surface area contributed by atoms with Gasteiger partial charge in [-0.15, -0.1) is 24.8 Å². The summed E-state index contributed by atoms with van der Waals surface area (Å²) >= 11 is 0. The van der Waals surface area contributed by atoms with Crippen LogP contribution in [0.2, 0.25) is 0 Å². The monoisotopic (exact) mass is 353 g/mol. The number of hydrogen-bond donors (Lipinski definition) is 2. The van der Waals surface area contributed by atoms with Crippen molar-refractivity contribution in [2.75, 3.05) is 19.7 Å². The number of aryl methyl sites for hydroxylation is 1. The highest BCUT2D eigenvalue weighted by Gasteiger charge is 2.30. The standard InChI is InChI=1S/C13H23N5O2.2ClH/c1-8(2)6-10(14)13(19)18-4-5-20-11(7-18)12-15-9(3)16-17-12;;/h8,10-11H,4-7,14H2,1-3H3,(H,15,16,17);2*1H/t10-,11?;;/m0../s1. The molecule has 1 unspecified atom stereocenters. The Bertz CT molecular complexity index is 469. The molecule has 3 N–H and O–H groups in total. The molecule has 1 aromatic heterocycles. The SMILES string of the molecule is Cc1nc(C2CN(C(=O)[C@@H](N)CC(C)C)CCO2)n[nH]1.Cl.Cl. The maximum Gasteiger partial charge on any atom is 0.239 e. The zero-order valence-electron chi connectivity index (χ0n) is 13.1. The molecule has 0 aromatic carbocycles. The lowest BCUT2D eigenvalue weighted by Gasteiger charge is -2.33. The molecule has 2 heterocycles. The Labute approximate surface area is 143 Å². The molecular weight excluding hydrogens is 329 g/mol. The number of aromatic nitrogens is 3. The van der Waals surface area contributed by atoms with Crippen molar-refractivity contribution in [3.63, 3.8) is 0 Å². The van der Waals surface area contributed by atoms with E-state index in [1.807, 2.05) is 6.92 Å². The van der Waals surface area contributed by atoms with Gasteiger partial charge in [-0.1, -0.05) is 13.8 Å². The minimum Gasteiger partial charge on any atom is -0.366 e. The minimum absolute atomic E-state index is 0. The number of morpholine rings is 1. The molecule has 0 radical (unpaired) electrons. The topological polar surface area (TPSA) is 97.1 Å². The van der Waals surface area contributed by atoms with Gasteiger partial charge in [-0.25, -0.2) is 4.98 Å². The lowest BCUT2D eigenvalue weighted by molar-refractivity contribution is -0.141. The first-order valence-electron chi connectivity index (χ1n) is 7.02. The quantitative estimate of drug-likeness (QED) is 0.848. The molecular formula is C13H25Cl2N5O2. The van der Waals surface area contributed by atoms with Crippen LogP contribution in [0.15, 0.2) is 0 Å². The van der Waals surface area contributed by atoms with E-state index in [0.29, 0.717) is 37.9 Å². The van der Waals surface area contributed by atoms with E-state index in [1.165, 1.54) is 0 Å². The van der Waals surface area contributed by atoms with Crippen LogP contribution in [-0.2, 0) is 9.53 Å². The predicted molar refractivity (Wildman–Crippen MR) is 88.3 cm³/mol. The van der Waals surface area contributed by atoms with Gasteiger partial charge in [0.1, 0.15) is 11.9 Å². The average Bonchev–Trinajstić information content (AvgIpc) is 2.84. The average molecular weight is 354 g/mol. The second kappa shape index (κ2) is 9.29. The van der Waals surface area contributed by atoms with Gasteiger partial charge in [-0.3, -0.25) is 9.89 Å². The van der Waals surface area contributed by atoms with E-state index >= 15 is 0 Å². The number of nitrogens with two attached hydrogens (primary N) is 1. The number of halogens is 2. The van der Waals surface area contributed by atoms with Gasteiger partial charge in [-0.05, 0) is 19.3 Å². The van der Waals surface area contributed by atoms with Gasteiger partial charge in [0.25, 0.3) is 0 Å². The van der Waals surface area contributed by atoms with Crippen molar-refractivity contribution < 1.29 is 9.53 Å². The van der Waals surface area contributed by atoms with Crippen molar-refractivity contribution in [2.24, 2.45) is 11.7 Å². The van der Waals surface area contributed by atoms with Crippen LogP contribution < -0.4 is 5.73 Å². The number of rotatable bonds is 4. The number of nitrogens with one attached hydrogen (secondary N) is 1. The zero-order chi connectivity index (χ0) is 14.7. The predicted octanol–water partition coefficient (Wildman–Crippen LogP) is 1.23. The molecule has 2 rings (SSSR count). The molecule has 128 valence electrons. The molecule has 1 saturated heterocycles. The zero-order valence-corrected chi connectivity index (χ0v) is 14.7. The molecule has 9 heteroatoms. The first kappa shape index (κ1) is 21.1. The highest BCUT2D eigenvalue weighted by molar-refractivity contribution is 5.85. The van der Waals surface area contributed by atoms with Crippen molar-refractivity contribution in [2.45, 2.75) is 39.3 Å². The molecule has 1 fully saturated rings. The summed E-state index contributed by atoms with van der Waals surface area (Å²) in [7, 11) is 0. The summed E-state index contributed by atoms with van der Waals surface area (Å²) in [4.78, 5) is 18.3. The van der Waals surface area contributed by atoms with Crippen molar-refractivity contribution in [1.82, 2.24) is 20.1 Å². The summed E-state index contributed by atoms with van der Waals surface area (Å²) in [5, 5.41) is 6.89. The van der Waals surface area contributed by atoms with Crippen LogP contribution in [0.4, 0.5) is 0 Å². The van der Waals surface area contributed by atoms with Crippen molar-refractivity contribution >= 4 is 30.7 Å². The number of hydrogen-bond acceptors (Lipinski definition) is 5. The van der Waals surface area contributed by atoms with Crippen LogP contribution in [0.1, 0.15) is 38.0 Å². The van der Waals surface area contributed by atoms with E-state index in [0.717, 1.165) is 5.82 Å². The summed E-state index contributed by atoms with van der Waals surface area (Å²) in [6.07, 6.45) is 0.421. The number of amides is 1. The number of carbonyl (C=O) groups excluding carboxylic acids is 1. The fraction of sp³-hybridized carbons (Fsp3) is 0.769. The first-order valence-corrected chi connectivity index (χ1v) is 7.02. The van der Waals surface area contributed by atoms with Gasteiger partial charge in [0.15, 0.2) is 5.82 Å². The Hall–Kier alpha value is -0.890. The number of carbonyl (C=O) groups is 1. The van der Waals surface area contributed by atoms with Gasteiger partial charge in [0, 0.05) is 6.54 Å². The number of ether oxygens (including phenoxy) is 1. The summed E-state index contributed by atoms with van der Waals surface area (Å²) in [5.41, 5.74) is 5.97. The fourth-order valence-corrected chi connectivity index (χ4v) is 2.35. The van der Waals surface area contributed by atoms with Gasteiger partial charge < -0.3 is 15.4 Å². The summed E-state index contributed by atoms with van der Waals surface area (Å²) in [5.74, 6) is 1.72. The van der Waals surface area contributed by atoms with E-state index in [1.54, 1.807) is 4.90 Å². The molecule has 1 amide bonds. The fourth-order valence-electron chi connectivity index (χ4n) is 2.35. The van der Waals surface area contributed by atoms with Gasteiger partial charge >= 0.3 is 0 Å². The summed E-state index contributed by atoms with van der Waals surface area (Å²) < 4.78 is 5.64. The molecule has 1 aromatic rings. The van der Waals surface area contributed by atoms with Crippen LogP contribution in [0.5, 0.6) is 0 Å². The van der Waals surface area contributed by atoms with E-state index in [4.69, 9.17) is 10.5 Å². The highest BCUT2D eigenvalue weighted by atomic mass is 35.5. The third kappa shape index (κ3) is 5.39. The van der Waals surface area contributed by atoms with Crippen LogP contribution in [-0.4, -0.2) is 51.7 Å². The Kier molecular flexibility index (Phi) is 8.92. The van der Waals surface area contributed by atoms with Crippen molar-refractivity contribution in [3.05, 3.63) is 11.6 Å². The van der Waals surface area contributed by atoms with E-state index in [-0.39, 0.29) is 36.8 Å². The molecule has 1 aliphatic rings. The van der Waals surface area contributed by atoms with Crippen molar-refractivity contribution in [3.8, 4) is 0 Å². The van der Waals surface area contributed by atoms with E-state index in [9.17, 15) is 4.79 Å². The maximum atomic E-state index is 12.3. The molecule has 7 nitrogen and oxygen atoms in total. The van der Waals surface area contributed by atoms with E-state index < -0.39 is 6.04 Å². The molecule has 0 aliphatic carbocycles. The molecule has 0 bridgehead atoms. The van der Waals surface area contributed by atoms with Crippen LogP contribution in [0.25, 0.3) is 0 Å².